The SMILES string of the molecule is C=CCC(C(=O)O)c1ccc(C(=O)c2cccnc2)cc1. The van der Waals surface area contributed by atoms with E-state index < -0.39 is 11.9 Å². The highest BCUT2D eigenvalue weighted by atomic mass is 16.4. The Bertz CT molecular complexity index is 647. The highest BCUT2D eigenvalue weighted by Crippen LogP contribution is 2.21. The van der Waals surface area contributed by atoms with E-state index in [0.717, 1.165) is 0 Å². The van der Waals surface area contributed by atoms with Crippen molar-refractivity contribution in [1.29, 1.82) is 0 Å². The monoisotopic (exact) mass is 281 g/mol. The summed E-state index contributed by atoms with van der Waals surface area (Å²) in [4.78, 5) is 27.3. The van der Waals surface area contributed by atoms with Crippen molar-refractivity contribution in [2.45, 2.75) is 12.3 Å². The molecule has 0 spiro atoms. The highest BCUT2D eigenvalue weighted by Gasteiger charge is 2.18. The van der Waals surface area contributed by atoms with Crippen LogP contribution in [0.5, 0.6) is 0 Å². The largest absolute Gasteiger partial charge is 0.481 e. The van der Waals surface area contributed by atoms with Crippen molar-refractivity contribution in [3.63, 3.8) is 0 Å². The lowest BCUT2D eigenvalue weighted by Gasteiger charge is -2.11. The first kappa shape index (κ1) is 14.7. The van der Waals surface area contributed by atoms with Crippen LogP contribution < -0.4 is 0 Å². The molecule has 1 heterocycles. The molecular weight excluding hydrogens is 266 g/mol. The van der Waals surface area contributed by atoms with E-state index in [9.17, 15) is 14.7 Å². The van der Waals surface area contributed by atoms with Gasteiger partial charge in [0.2, 0.25) is 0 Å². The first-order chi connectivity index (χ1) is 10.1. The number of carboxylic acids is 1. The Morgan fingerprint density at radius 1 is 1.19 bits per heavy atom. The van der Waals surface area contributed by atoms with E-state index in [0.29, 0.717) is 23.1 Å². The molecule has 1 unspecified atom stereocenters. The molecule has 0 amide bonds. The lowest BCUT2D eigenvalue weighted by molar-refractivity contribution is -0.138. The number of benzene rings is 1. The van der Waals surface area contributed by atoms with Crippen molar-refractivity contribution in [2.75, 3.05) is 0 Å². The molecule has 2 rings (SSSR count). The number of ketones is 1. The van der Waals surface area contributed by atoms with Crippen LogP contribution in [0.15, 0.2) is 61.4 Å². The summed E-state index contributed by atoms with van der Waals surface area (Å²) < 4.78 is 0. The minimum Gasteiger partial charge on any atom is -0.481 e. The van der Waals surface area contributed by atoms with E-state index in [2.05, 4.69) is 11.6 Å². The van der Waals surface area contributed by atoms with Crippen LogP contribution in [0.1, 0.15) is 33.8 Å². The zero-order valence-corrected chi connectivity index (χ0v) is 11.4. The Morgan fingerprint density at radius 2 is 1.90 bits per heavy atom. The van der Waals surface area contributed by atoms with Crippen LogP contribution in [0.2, 0.25) is 0 Å². The second kappa shape index (κ2) is 6.61. The number of rotatable bonds is 6. The molecule has 1 aromatic heterocycles. The zero-order valence-electron chi connectivity index (χ0n) is 11.4. The first-order valence-electron chi connectivity index (χ1n) is 6.52. The minimum absolute atomic E-state index is 0.134. The molecule has 0 aliphatic carbocycles. The molecule has 0 fully saturated rings. The standard InChI is InChI=1S/C17H15NO3/c1-2-4-15(17(20)21)12-6-8-13(9-7-12)16(19)14-5-3-10-18-11-14/h2-3,5-11,15H,1,4H2,(H,20,21). The van der Waals surface area contributed by atoms with Gasteiger partial charge in [-0.15, -0.1) is 6.58 Å². The highest BCUT2D eigenvalue weighted by molar-refractivity contribution is 6.08. The van der Waals surface area contributed by atoms with Crippen molar-refractivity contribution >= 4 is 11.8 Å². The fourth-order valence-corrected chi connectivity index (χ4v) is 2.08. The van der Waals surface area contributed by atoms with Crippen LogP contribution in [0, 0.1) is 0 Å². The smallest absolute Gasteiger partial charge is 0.311 e. The minimum atomic E-state index is -0.902. The summed E-state index contributed by atoms with van der Waals surface area (Å²) in [5.74, 6) is -1.67. The molecule has 4 nitrogen and oxygen atoms in total. The fraction of sp³-hybridized carbons (Fsp3) is 0.118. The summed E-state index contributed by atoms with van der Waals surface area (Å²) >= 11 is 0. The molecule has 1 atom stereocenters. The normalized spacial score (nSPS) is 11.6. The van der Waals surface area contributed by atoms with Gasteiger partial charge in [-0.05, 0) is 24.1 Å². The summed E-state index contributed by atoms with van der Waals surface area (Å²) in [6, 6.07) is 10.0. The summed E-state index contributed by atoms with van der Waals surface area (Å²) in [5.41, 5.74) is 1.67. The lowest BCUT2D eigenvalue weighted by atomic mass is 9.94. The molecule has 0 saturated carbocycles. The Balaban J connectivity index is 2.24. The zero-order chi connectivity index (χ0) is 15.2. The third kappa shape index (κ3) is 3.42. The molecule has 1 aromatic carbocycles. The van der Waals surface area contributed by atoms with E-state index in [1.54, 1.807) is 48.7 Å². The van der Waals surface area contributed by atoms with E-state index >= 15 is 0 Å². The van der Waals surface area contributed by atoms with E-state index in [4.69, 9.17) is 0 Å². The van der Waals surface area contributed by atoms with Crippen LogP contribution in [0.4, 0.5) is 0 Å². The quantitative estimate of drug-likeness (QED) is 0.652. The molecular formula is C17H15NO3. The molecule has 0 saturated heterocycles. The lowest BCUT2D eigenvalue weighted by Crippen LogP contribution is -2.11. The van der Waals surface area contributed by atoms with Gasteiger partial charge >= 0.3 is 5.97 Å². The van der Waals surface area contributed by atoms with Crippen LogP contribution in [-0.2, 0) is 4.79 Å². The summed E-state index contributed by atoms with van der Waals surface area (Å²) in [6.45, 7) is 3.57. The number of carboxylic acid groups (broad SMARTS) is 1. The van der Waals surface area contributed by atoms with Gasteiger partial charge in [0, 0.05) is 23.5 Å². The second-order valence-electron chi connectivity index (χ2n) is 4.61. The number of carbonyl (C=O) groups excluding carboxylic acids is 1. The van der Waals surface area contributed by atoms with Gasteiger partial charge in [0.25, 0.3) is 0 Å². The second-order valence-corrected chi connectivity index (χ2v) is 4.61. The van der Waals surface area contributed by atoms with Gasteiger partial charge in [-0.1, -0.05) is 30.3 Å². The van der Waals surface area contributed by atoms with Gasteiger partial charge < -0.3 is 5.11 Å². The molecule has 0 bridgehead atoms. The Morgan fingerprint density at radius 3 is 2.43 bits per heavy atom. The molecule has 1 N–H and O–H groups in total. The van der Waals surface area contributed by atoms with Crippen LogP contribution in [0.25, 0.3) is 0 Å². The predicted molar refractivity (Wildman–Crippen MR) is 79.3 cm³/mol. The van der Waals surface area contributed by atoms with Gasteiger partial charge in [-0.3, -0.25) is 14.6 Å². The molecule has 106 valence electrons. The number of hydrogen-bond donors (Lipinski definition) is 1. The fourth-order valence-electron chi connectivity index (χ4n) is 2.08. The number of allylic oxidation sites excluding steroid dienone is 1. The van der Waals surface area contributed by atoms with Gasteiger partial charge in [0.05, 0.1) is 5.92 Å². The molecule has 0 aliphatic rings. The number of hydrogen-bond acceptors (Lipinski definition) is 3. The van der Waals surface area contributed by atoms with Crippen LogP contribution in [-0.4, -0.2) is 21.8 Å². The molecule has 21 heavy (non-hydrogen) atoms. The van der Waals surface area contributed by atoms with Crippen molar-refractivity contribution in [1.82, 2.24) is 4.98 Å². The summed E-state index contributed by atoms with van der Waals surface area (Å²) in [7, 11) is 0. The molecule has 0 aliphatic heterocycles. The predicted octanol–water partition coefficient (Wildman–Crippen LogP) is 3.06. The Kier molecular flexibility index (Phi) is 4.61. The molecule has 0 radical (unpaired) electrons. The van der Waals surface area contributed by atoms with Gasteiger partial charge in [-0.25, -0.2) is 0 Å². The van der Waals surface area contributed by atoms with Gasteiger partial charge in [0.15, 0.2) is 5.78 Å². The number of aliphatic carboxylic acids is 1. The maximum absolute atomic E-state index is 12.2. The third-order valence-electron chi connectivity index (χ3n) is 3.20. The van der Waals surface area contributed by atoms with Crippen molar-refractivity contribution < 1.29 is 14.7 Å². The van der Waals surface area contributed by atoms with Gasteiger partial charge in [-0.2, -0.15) is 0 Å². The van der Waals surface area contributed by atoms with Gasteiger partial charge in [0.1, 0.15) is 0 Å². The van der Waals surface area contributed by atoms with E-state index in [1.165, 1.54) is 6.20 Å². The van der Waals surface area contributed by atoms with Crippen molar-refractivity contribution in [3.8, 4) is 0 Å². The Labute approximate surface area is 122 Å². The maximum Gasteiger partial charge on any atom is 0.311 e. The summed E-state index contributed by atoms with van der Waals surface area (Å²) in [6.07, 6.45) is 5.04. The topological polar surface area (TPSA) is 67.3 Å². The molecule has 2 aromatic rings. The average Bonchev–Trinajstić information content (AvgIpc) is 2.53. The third-order valence-corrected chi connectivity index (χ3v) is 3.20. The maximum atomic E-state index is 12.2. The first-order valence-corrected chi connectivity index (χ1v) is 6.52. The number of aromatic nitrogens is 1. The number of carbonyl (C=O) groups is 2. The van der Waals surface area contributed by atoms with Crippen molar-refractivity contribution in [2.24, 2.45) is 0 Å². The average molecular weight is 281 g/mol. The van der Waals surface area contributed by atoms with Crippen molar-refractivity contribution in [3.05, 3.63) is 78.1 Å². The Hall–Kier alpha value is -2.75. The number of nitrogens with zero attached hydrogens (tertiary/aromatic N) is 1. The van der Waals surface area contributed by atoms with E-state index in [1.807, 2.05) is 0 Å². The van der Waals surface area contributed by atoms with E-state index in [-0.39, 0.29) is 5.78 Å². The molecule has 4 heteroatoms. The summed E-state index contributed by atoms with van der Waals surface area (Å²) in [5, 5.41) is 9.19. The number of pyridine rings is 1. The van der Waals surface area contributed by atoms with Crippen LogP contribution in [0.3, 0.4) is 0 Å². The van der Waals surface area contributed by atoms with Crippen LogP contribution >= 0.6 is 0 Å².